The van der Waals surface area contributed by atoms with Crippen LogP contribution in [0.3, 0.4) is 0 Å². The third kappa shape index (κ3) is 6.83. The van der Waals surface area contributed by atoms with Gasteiger partial charge < -0.3 is 14.2 Å². The molecule has 0 radical (unpaired) electrons. The van der Waals surface area contributed by atoms with Crippen molar-refractivity contribution in [2.24, 2.45) is 5.92 Å². The van der Waals surface area contributed by atoms with Crippen molar-refractivity contribution in [1.82, 2.24) is 9.47 Å². The number of carbonyl (C=O) groups is 1. The largest absolute Gasteiger partial charge is 0.385 e. The standard InChI is InChI=1S/C22H36N2O2/c1-7-18(3)12-11-13-22-19(4)24(14-9-10-15-26-6)17-21(22)16-23(8-2)20(5)25/h11-13,17-18H,4,7-10,14-16H2,1-3,5-6H3/b12-11-,22-13+. The third-order valence-corrected chi connectivity index (χ3v) is 4.85. The molecule has 4 heteroatoms. The summed E-state index contributed by atoms with van der Waals surface area (Å²) in [6.45, 7) is 15.4. The van der Waals surface area contributed by atoms with Crippen LogP contribution in [0.1, 0.15) is 52.5 Å². The van der Waals surface area contributed by atoms with Gasteiger partial charge in [0.05, 0.1) is 0 Å². The van der Waals surface area contributed by atoms with Crippen LogP contribution in [0, 0.1) is 5.92 Å². The zero-order valence-corrected chi connectivity index (χ0v) is 17.3. The van der Waals surface area contributed by atoms with Gasteiger partial charge in [0.25, 0.3) is 0 Å². The van der Waals surface area contributed by atoms with Crippen LogP contribution in [0.15, 0.2) is 18.3 Å². The summed E-state index contributed by atoms with van der Waals surface area (Å²) in [5.41, 5.74) is 1.16. The Morgan fingerprint density at radius 1 is 1.38 bits per heavy atom. The van der Waals surface area contributed by atoms with E-state index in [0.29, 0.717) is 19.0 Å². The molecule has 1 aromatic rings. The maximum atomic E-state index is 11.8. The number of allylic oxidation sites excluding steroid dienone is 2. The molecule has 0 aromatic carbocycles. The Morgan fingerprint density at radius 3 is 2.69 bits per heavy atom. The molecule has 0 saturated carbocycles. The normalized spacial score (nSPS) is 13.5. The molecule has 0 aliphatic heterocycles. The summed E-state index contributed by atoms with van der Waals surface area (Å²) in [5, 5.41) is 2.15. The van der Waals surface area contributed by atoms with Gasteiger partial charge in [-0.25, -0.2) is 0 Å². The quantitative estimate of drug-likeness (QED) is 0.569. The van der Waals surface area contributed by atoms with E-state index in [1.54, 1.807) is 14.0 Å². The summed E-state index contributed by atoms with van der Waals surface area (Å²) in [6.07, 6.45) is 11.9. The molecule has 1 atom stereocenters. The number of unbranched alkanes of at least 4 members (excludes halogenated alkanes) is 1. The van der Waals surface area contributed by atoms with Gasteiger partial charge in [0, 0.05) is 57.0 Å². The molecule has 0 saturated heterocycles. The minimum absolute atomic E-state index is 0.104. The second-order valence-electron chi connectivity index (χ2n) is 6.88. The SMILES string of the molecule is C=c1/c(=C\C=C/C(C)CC)c(CN(CC)C(C)=O)cn1CCCCOC. The van der Waals surface area contributed by atoms with Crippen molar-refractivity contribution in [2.45, 2.75) is 60.0 Å². The highest BCUT2D eigenvalue weighted by molar-refractivity contribution is 5.73. The molecule has 0 aliphatic rings. The molecule has 1 unspecified atom stereocenters. The minimum Gasteiger partial charge on any atom is -0.385 e. The number of amides is 1. The van der Waals surface area contributed by atoms with Crippen LogP contribution >= 0.6 is 0 Å². The number of nitrogens with zero attached hydrogens (tertiary/aromatic N) is 2. The van der Waals surface area contributed by atoms with E-state index in [4.69, 9.17) is 4.74 Å². The van der Waals surface area contributed by atoms with Crippen molar-refractivity contribution in [3.05, 3.63) is 34.5 Å². The van der Waals surface area contributed by atoms with Crippen LogP contribution in [-0.2, 0) is 22.6 Å². The van der Waals surface area contributed by atoms with E-state index in [2.05, 4.69) is 49.4 Å². The van der Waals surface area contributed by atoms with Crippen molar-refractivity contribution in [1.29, 1.82) is 0 Å². The topological polar surface area (TPSA) is 34.5 Å². The minimum atomic E-state index is 0.104. The van der Waals surface area contributed by atoms with E-state index in [1.165, 1.54) is 0 Å². The van der Waals surface area contributed by atoms with Crippen LogP contribution in [0.2, 0.25) is 0 Å². The van der Waals surface area contributed by atoms with Gasteiger partial charge >= 0.3 is 0 Å². The van der Waals surface area contributed by atoms with Crippen LogP contribution in [0.4, 0.5) is 0 Å². The summed E-state index contributed by atoms with van der Waals surface area (Å²) < 4.78 is 7.34. The summed E-state index contributed by atoms with van der Waals surface area (Å²) >= 11 is 0. The zero-order chi connectivity index (χ0) is 19.5. The number of methoxy groups -OCH3 is 1. The lowest BCUT2D eigenvalue weighted by Crippen LogP contribution is -2.33. The monoisotopic (exact) mass is 360 g/mol. The number of ether oxygens (including phenoxy) is 1. The van der Waals surface area contributed by atoms with Gasteiger partial charge in [0.1, 0.15) is 0 Å². The maximum Gasteiger partial charge on any atom is 0.219 e. The number of hydrogen-bond acceptors (Lipinski definition) is 2. The van der Waals surface area contributed by atoms with E-state index in [1.807, 2.05) is 11.8 Å². The Balaban J connectivity index is 3.14. The fraction of sp³-hybridized carbons (Fsp3) is 0.591. The van der Waals surface area contributed by atoms with E-state index >= 15 is 0 Å². The Hall–Kier alpha value is -1.81. The molecule has 0 bridgehead atoms. The lowest BCUT2D eigenvalue weighted by Gasteiger charge is -2.18. The molecule has 1 heterocycles. The lowest BCUT2D eigenvalue weighted by atomic mass is 10.1. The highest BCUT2D eigenvalue weighted by atomic mass is 16.5. The number of hydrogen-bond donors (Lipinski definition) is 0. The molecule has 0 spiro atoms. The first-order valence-corrected chi connectivity index (χ1v) is 9.74. The Morgan fingerprint density at radius 2 is 2.12 bits per heavy atom. The summed E-state index contributed by atoms with van der Waals surface area (Å²) in [5.74, 6) is 0.663. The Kier molecular flexibility index (Phi) is 10.0. The lowest BCUT2D eigenvalue weighted by molar-refractivity contribution is -0.129. The summed E-state index contributed by atoms with van der Waals surface area (Å²) in [4.78, 5) is 13.7. The second kappa shape index (κ2) is 11.7. The first-order valence-electron chi connectivity index (χ1n) is 9.74. The molecule has 26 heavy (non-hydrogen) atoms. The first-order chi connectivity index (χ1) is 12.4. The van der Waals surface area contributed by atoms with Crippen molar-refractivity contribution in [3.8, 4) is 0 Å². The van der Waals surface area contributed by atoms with Crippen LogP contribution in [0.5, 0.6) is 0 Å². The van der Waals surface area contributed by atoms with E-state index in [-0.39, 0.29) is 5.91 Å². The van der Waals surface area contributed by atoms with Gasteiger partial charge in [-0.2, -0.15) is 0 Å². The molecular formula is C22H36N2O2. The highest BCUT2D eigenvalue weighted by Crippen LogP contribution is 2.04. The fourth-order valence-corrected chi connectivity index (χ4v) is 2.86. The molecule has 4 nitrogen and oxygen atoms in total. The molecule has 146 valence electrons. The first kappa shape index (κ1) is 22.2. The predicted octanol–water partition coefficient (Wildman–Crippen LogP) is 3.08. The van der Waals surface area contributed by atoms with E-state index < -0.39 is 0 Å². The van der Waals surface area contributed by atoms with Gasteiger partial charge in [-0.3, -0.25) is 4.79 Å². The molecule has 0 N–H and O–H groups in total. The number of aromatic nitrogens is 1. The summed E-state index contributed by atoms with van der Waals surface area (Å²) in [6, 6.07) is 0. The van der Waals surface area contributed by atoms with Crippen molar-refractivity contribution in [2.75, 3.05) is 20.3 Å². The van der Waals surface area contributed by atoms with Crippen LogP contribution in [0.25, 0.3) is 12.7 Å². The third-order valence-electron chi connectivity index (χ3n) is 4.85. The molecule has 1 aromatic heterocycles. The average Bonchev–Trinajstić information content (AvgIpc) is 2.91. The highest BCUT2D eigenvalue weighted by Gasteiger charge is 2.10. The summed E-state index contributed by atoms with van der Waals surface area (Å²) in [7, 11) is 1.73. The molecule has 0 aliphatic carbocycles. The molecule has 0 fully saturated rings. The number of aryl methyl sites for hydroxylation is 1. The van der Waals surface area contributed by atoms with Crippen LogP contribution in [-0.4, -0.2) is 35.6 Å². The van der Waals surface area contributed by atoms with E-state index in [0.717, 1.165) is 48.5 Å². The van der Waals surface area contributed by atoms with Gasteiger partial charge in [-0.1, -0.05) is 45.1 Å². The molecule has 1 rings (SSSR count). The fourth-order valence-electron chi connectivity index (χ4n) is 2.86. The maximum absolute atomic E-state index is 11.8. The van der Waals surface area contributed by atoms with Gasteiger partial charge in [0.15, 0.2) is 0 Å². The smallest absolute Gasteiger partial charge is 0.219 e. The van der Waals surface area contributed by atoms with Gasteiger partial charge in [-0.15, -0.1) is 0 Å². The van der Waals surface area contributed by atoms with E-state index in [9.17, 15) is 4.79 Å². The van der Waals surface area contributed by atoms with Crippen molar-refractivity contribution < 1.29 is 9.53 Å². The number of carbonyl (C=O) groups excluding carboxylic acids is 1. The average molecular weight is 361 g/mol. The predicted molar refractivity (Wildman–Crippen MR) is 110 cm³/mol. The van der Waals surface area contributed by atoms with Gasteiger partial charge in [0.2, 0.25) is 5.91 Å². The van der Waals surface area contributed by atoms with Crippen LogP contribution < -0.4 is 10.6 Å². The van der Waals surface area contributed by atoms with Crippen molar-refractivity contribution >= 4 is 18.6 Å². The number of rotatable bonds is 11. The Labute approximate surface area is 158 Å². The molecule has 1 amide bonds. The van der Waals surface area contributed by atoms with Gasteiger partial charge in [-0.05, 0) is 31.2 Å². The Bertz CT molecular complexity index is 688. The molecular weight excluding hydrogens is 324 g/mol. The second-order valence-corrected chi connectivity index (χ2v) is 6.88. The zero-order valence-electron chi connectivity index (χ0n) is 17.3. The van der Waals surface area contributed by atoms with Crippen molar-refractivity contribution in [3.63, 3.8) is 0 Å².